The van der Waals surface area contributed by atoms with Crippen molar-refractivity contribution in [2.75, 3.05) is 45.9 Å². The molecule has 104 valence electrons. The van der Waals surface area contributed by atoms with Crippen LogP contribution in [-0.4, -0.2) is 56.7 Å². The molecular formula is C14H27N2O2+. The summed E-state index contributed by atoms with van der Waals surface area (Å²) in [6.45, 7) is 11.1. The molecule has 4 nitrogen and oxygen atoms in total. The van der Waals surface area contributed by atoms with E-state index in [1.54, 1.807) is 4.90 Å². The van der Waals surface area contributed by atoms with Gasteiger partial charge in [-0.05, 0) is 0 Å². The molecule has 0 aliphatic carbocycles. The Morgan fingerprint density at radius 3 is 2.44 bits per heavy atom. The second-order valence-electron chi connectivity index (χ2n) is 6.06. The van der Waals surface area contributed by atoms with Crippen molar-refractivity contribution in [2.24, 2.45) is 11.8 Å². The molecule has 2 aliphatic heterocycles. The minimum Gasteiger partial charge on any atom is -0.378 e. The van der Waals surface area contributed by atoms with E-state index < -0.39 is 0 Å². The van der Waals surface area contributed by atoms with Crippen molar-refractivity contribution >= 4 is 5.91 Å². The van der Waals surface area contributed by atoms with Gasteiger partial charge in [-0.15, -0.1) is 0 Å². The van der Waals surface area contributed by atoms with E-state index in [-0.39, 0.29) is 5.92 Å². The molecule has 0 unspecified atom stereocenters. The van der Waals surface area contributed by atoms with Gasteiger partial charge in [0.05, 0.1) is 32.8 Å². The van der Waals surface area contributed by atoms with Crippen LogP contribution < -0.4 is 4.90 Å². The van der Waals surface area contributed by atoms with Gasteiger partial charge in [0, 0.05) is 37.8 Å². The predicted molar refractivity (Wildman–Crippen MR) is 70.5 cm³/mol. The number of nitrogens with zero attached hydrogens (tertiary/aromatic N) is 1. The highest BCUT2D eigenvalue weighted by Crippen LogP contribution is 2.14. The first kappa shape index (κ1) is 13.8. The molecule has 2 fully saturated rings. The van der Waals surface area contributed by atoms with E-state index >= 15 is 0 Å². The largest absolute Gasteiger partial charge is 0.378 e. The fourth-order valence-corrected chi connectivity index (χ4v) is 3.10. The second-order valence-corrected chi connectivity index (χ2v) is 6.06. The van der Waals surface area contributed by atoms with Crippen molar-refractivity contribution in [1.82, 2.24) is 4.90 Å². The first-order valence-electron chi connectivity index (χ1n) is 7.37. The SMILES string of the molecule is CC(C)C[NH+]1CCC(C(=O)N2CCOCC2)CC1. The van der Waals surface area contributed by atoms with Crippen LogP contribution in [0.5, 0.6) is 0 Å². The standard InChI is InChI=1S/C14H26N2O2/c1-12(2)11-15-5-3-13(4-6-15)14(17)16-7-9-18-10-8-16/h12-13H,3-11H2,1-2H3/p+1. The number of carbonyl (C=O) groups is 1. The number of carbonyl (C=O) groups excluding carboxylic acids is 1. The summed E-state index contributed by atoms with van der Waals surface area (Å²) in [5, 5.41) is 0. The van der Waals surface area contributed by atoms with E-state index in [9.17, 15) is 4.79 Å². The van der Waals surface area contributed by atoms with E-state index in [2.05, 4.69) is 13.8 Å². The molecule has 1 amide bonds. The fraction of sp³-hybridized carbons (Fsp3) is 0.929. The van der Waals surface area contributed by atoms with Gasteiger partial charge in [-0.3, -0.25) is 4.79 Å². The van der Waals surface area contributed by atoms with Gasteiger partial charge in [0.25, 0.3) is 0 Å². The molecule has 2 rings (SSSR count). The number of nitrogens with one attached hydrogen (secondary N) is 1. The minimum atomic E-state index is 0.277. The molecule has 2 saturated heterocycles. The van der Waals surface area contributed by atoms with Crippen molar-refractivity contribution < 1.29 is 14.4 Å². The highest BCUT2D eigenvalue weighted by Gasteiger charge is 2.31. The lowest BCUT2D eigenvalue weighted by Crippen LogP contribution is -3.13. The Hall–Kier alpha value is -0.610. The summed E-state index contributed by atoms with van der Waals surface area (Å²) < 4.78 is 5.30. The topological polar surface area (TPSA) is 34.0 Å². The van der Waals surface area contributed by atoms with E-state index in [4.69, 9.17) is 4.74 Å². The van der Waals surface area contributed by atoms with Crippen LogP contribution in [0.2, 0.25) is 0 Å². The van der Waals surface area contributed by atoms with Gasteiger partial charge in [-0.25, -0.2) is 0 Å². The number of quaternary nitrogens is 1. The molecule has 0 aromatic carbocycles. The van der Waals surface area contributed by atoms with Crippen LogP contribution in [0.1, 0.15) is 26.7 Å². The quantitative estimate of drug-likeness (QED) is 0.757. The van der Waals surface area contributed by atoms with E-state index in [1.807, 2.05) is 4.90 Å². The third kappa shape index (κ3) is 3.69. The number of amides is 1. The highest BCUT2D eigenvalue weighted by atomic mass is 16.5. The summed E-state index contributed by atoms with van der Waals surface area (Å²) >= 11 is 0. The zero-order valence-electron chi connectivity index (χ0n) is 11.8. The summed E-state index contributed by atoms with van der Waals surface area (Å²) in [7, 11) is 0. The molecule has 0 aromatic heterocycles. The van der Waals surface area contributed by atoms with Crippen LogP contribution in [0, 0.1) is 11.8 Å². The van der Waals surface area contributed by atoms with Crippen LogP contribution in [0.4, 0.5) is 0 Å². The molecule has 4 heteroatoms. The normalized spacial score (nSPS) is 29.6. The van der Waals surface area contributed by atoms with E-state index in [0.717, 1.165) is 31.8 Å². The minimum absolute atomic E-state index is 0.277. The zero-order valence-corrected chi connectivity index (χ0v) is 11.8. The summed E-state index contributed by atoms with van der Waals surface area (Å²) in [5.41, 5.74) is 0. The van der Waals surface area contributed by atoms with E-state index in [1.165, 1.54) is 19.6 Å². The van der Waals surface area contributed by atoms with Crippen molar-refractivity contribution in [3.63, 3.8) is 0 Å². The van der Waals surface area contributed by atoms with Crippen LogP contribution in [0.15, 0.2) is 0 Å². The Balaban J connectivity index is 1.76. The van der Waals surface area contributed by atoms with Crippen LogP contribution in [0.3, 0.4) is 0 Å². The summed E-state index contributed by atoms with van der Waals surface area (Å²) in [5.74, 6) is 1.41. The van der Waals surface area contributed by atoms with Gasteiger partial charge in [-0.2, -0.15) is 0 Å². The van der Waals surface area contributed by atoms with Crippen molar-refractivity contribution in [1.29, 1.82) is 0 Å². The molecule has 0 spiro atoms. The molecule has 0 radical (unpaired) electrons. The van der Waals surface area contributed by atoms with Crippen molar-refractivity contribution in [2.45, 2.75) is 26.7 Å². The summed E-state index contributed by atoms with van der Waals surface area (Å²) in [6.07, 6.45) is 2.14. The van der Waals surface area contributed by atoms with Gasteiger partial charge in [0.2, 0.25) is 5.91 Å². The van der Waals surface area contributed by atoms with Gasteiger partial charge in [0.1, 0.15) is 0 Å². The zero-order chi connectivity index (χ0) is 13.0. The number of hydrogen-bond donors (Lipinski definition) is 1. The Morgan fingerprint density at radius 1 is 1.28 bits per heavy atom. The van der Waals surface area contributed by atoms with Crippen molar-refractivity contribution in [3.05, 3.63) is 0 Å². The van der Waals surface area contributed by atoms with Gasteiger partial charge in [-0.1, -0.05) is 13.8 Å². The van der Waals surface area contributed by atoms with Gasteiger partial charge in [0.15, 0.2) is 0 Å². The monoisotopic (exact) mass is 255 g/mol. The number of piperidine rings is 1. The smallest absolute Gasteiger partial charge is 0.226 e. The predicted octanol–water partition coefficient (Wildman–Crippen LogP) is -0.204. The lowest BCUT2D eigenvalue weighted by atomic mass is 9.94. The third-order valence-corrected chi connectivity index (χ3v) is 4.06. The number of morpholine rings is 1. The van der Waals surface area contributed by atoms with Gasteiger partial charge < -0.3 is 14.5 Å². The molecule has 18 heavy (non-hydrogen) atoms. The Labute approximate surface area is 110 Å². The Kier molecular flexibility index (Phi) is 5.01. The van der Waals surface area contributed by atoms with E-state index in [0.29, 0.717) is 19.1 Å². The van der Waals surface area contributed by atoms with Crippen LogP contribution in [-0.2, 0) is 9.53 Å². The molecule has 0 atom stereocenters. The average molecular weight is 255 g/mol. The first-order valence-corrected chi connectivity index (χ1v) is 7.37. The maximum atomic E-state index is 12.3. The molecule has 2 aliphatic rings. The Bertz CT molecular complexity index is 267. The maximum Gasteiger partial charge on any atom is 0.226 e. The van der Waals surface area contributed by atoms with Crippen LogP contribution >= 0.6 is 0 Å². The third-order valence-electron chi connectivity index (χ3n) is 4.06. The first-order chi connectivity index (χ1) is 8.66. The molecular weight excluding hydrogens is 228 g/mol. The number of likely N-dealkylation sites (tertiary alicyclic amines) is 1. The molecule has 0 saturated carbocycles. The lowest BCUT2D eigenvalue weighted by Gasteiger charge is -2.34. The molecule has 0 aromatic rings. The fourth-order valence-electron chi connectivity index (χ4n) is 3.10. The number of hydrogen-bond acceptors (Lipinski definition) is 2. The maximum absolute atomic E-state index is 12.3. The molecule has 2 heterocycles. The van der Waals surface area contributed by atoms with Crippen LogP contribution in [0.25, 0.3) is 0 Å². The molecule has 0 bridgehead atoms. The Morgan fingerprint density at radius 2 is 1.89 bits per heavy atom. The highest BCUT2D eigenvalue weighted by molar-refractivity contribution is 5.79. The summed E-state index contributed by atoms with van der Waals surface area (Å²) in [4.78, 5) is 16.0. The summed E-state index contributed by atoms with van der Waals surface area (Å²) in [6, 6.07) is 0. The molecule has 1 N–H and O–H groups in total. The average Bonchev–Trinajstić information content (AvgIpc) is 2.39. The lowest BCUT2D eigenvalue weighted by molar-refractivity contribution is -0.908. The van der Waals surface area contributed by atoms with Crippen molar-refractivity contribution in [3.8, 4) is 0 Å². The number of rotatable bonds is 3. The van der Waals surface area contributed by atoms with Gasteiger partial charge >= 0.3 is 0 Å². The second kappa shape index (κ2) is 6.53. The number of ether oxygens (including phenoxy) is 1.